The Morgan fingerprint density at radius 3 is 2.20 bits per heavy atom. The summed E-state index contributed by atoms with van der Waals surface area (Å²) in [5.41, 5.74) is 5.98. The van der Waals surface area contributed by atoms with Gasteiger partial charge in [-0.1, -0.05) is 13.8 Å². The summed E-state index contributed by atoms with van der Waals surface area (Å²) in [5, 5.41) is 0. The molecule has 3 unspecified atom stereocenters. The average molecular weight is 328 g/mol. The van der Waals surface area contributed by atoms with Gasteiger partial charge in [0.05, 0.1) is 6.04 Å². The molecule has 1 rings (SSSR count). The molecule has 20 heavy (non-hydrogen) atoms. The maximum Gasteiger partial charge on any atom is 0.240 e. The van der Waals surface area contributed by atoms with Crippen molar-refractivity contribution in [2.75, 3.05) is 27.2 Å². The number of likely N-dealkylation sites (N-methyl/N-ethyl adjacent to an activating group) is 1. The number of halogens is 2. The Labute approximate surface area is 136 Å². The van der Waals surface area contributed by atoms with Gasteiger partial charge in [-0.05, 0) is 45.7 Å². The molecule has 1 fully saturated rings. The molecule has 0 saturated carbocycles. The highest BCUT2D eigenvalue weighted by atomic mass is 35.5. The van der Waals surface area contributed by atoms with Crippen molar-refractivity contribution in [1.82, 2.24) is 9.80 Å². The van der Waals surface area contributed by atoms with Crippen molar-refractivity contribution < 1.29 is 4.79 Å². The van der Waals surface area contributed by atoms with Crippen LogP contribution in [-0.4, -0.2) is 55.0 Å². The molecule has 1 amide bonds. The van der Waals surface area contributed by atoms with Gasteiger partial charge in [-0.2, -0.15) is 0 Å². The molecule has 6 heteroatoms. The summed E-state index contributed by atoms with van der Waals surface area (Å²) in [4.78, 5) is 16.6. The lowest BCUT2D eigenvalue weighted by Crippen LogP contribution is -2.53. The van der Waals surface area contributed by atoms with E-state index in [1.165, 1.54) is 0 Å². The number of nitrogens with two attached hydrogens (primary N) is 1. The SMILES string of the molecule is CC(C)C(C(=O)N1CCCC(C(C)N)C1)N(C)C.Cl.Cl. The van der Waals surface area contributed by atoms with Crippen molar-refractivity contribution in [2.45, 2.75) is 45.7 Å². The number of hydrogen-bond donors (Lipinski definition) is 1. The molecular weight excluding hydrogens is 297 g/mol. The Kier molecular flexibility index (Phi) is 10.9. The predicted molar refractivity (Wildman–Crippen MR) is 89.8 cm³/mol. The average Bonchev–Trinajstić information content (AvgIpc) is 2.28. The maximum absolute atomic E-state index is 12.6. The molecule has 0 aromatic heterocycles. The molecule has 0 aromatic carbocycles. The van der Waals surface area contributed by atoms with Crippen molar-refractivity contribution in [3.63, 3.8) is 0 Å². The van der Waals surface area contributed by atoms with Crippen LogP contribution in [0.3, 0.4) is 0 Å². The standard InChI is InChI=1S/C14H29N3O.2ClH/c1-10(2)13(16(4)5)14(18)17-8-6-7-12(9-17)11(3)15;;/h10-13H,6-9,15H2,1-5H3;2*1H. The fourth-order valence-corrected chi connectivity index (χ4v) is 2.93. The number of likely N-dealkylation sites (tertiary alicyclic amines) is 1. The van der Waals surface area contributed by atoms with E-state index < -0.39 is 0 Å². The Morgan fingerprint density at radius 1 is 1.25 bits per heavy atom. The van der Waals surface area contributed by atoms with E-state index >= 15 is 0 Å². The number of carbonyl (C=O) groups is 1. The topological polar surface area (TPSA) is 49.6 Å². The molecule has 0 aliphatic carbocycles. The van der Waals surface area contributed by atoms with Crippen LogP contribution in [0.1, 0.15) is 33.6 Å². The molecule has 1 saturated heterocycles. The fourth-order valence-electron chi connectivity index (χ4n) is 2.93. The van der Waals surface area contributed by atoms with E-state index in [1.807, 2.05) is 30.8 Å². The molecule has 0 radical (unpaired) electrons. The fraction of sp³-hybridized carbons (Fsp3) is 0.929. The highest BCUT2D eigenvalue weighted by Crippen LogP contribution is 2.21. The van der Waals surface area contributed by atoms with E-state index in [9.17, 15) is 4.79 Å². The van der Waals surface area contributed by atoms with Crippen molar-refractivity contribution >= 4 is 30.7 Å². The van der Waals surface area contributed by atoms with Crippen molar-refractivity contribution in [3.8, 4) is 0 Å². The van der Waals surface area contributed by atoms with Gasteiger partial charge >= 0.3 is 0 Å². The van der Waals surface area contributed by atoms with Gasteiger partial charge in [-0.3, -0.25) is 9.69 Å². The molecule has 4 nitrogen and oxygen atoms in total. The normalized spacial score (nSPS) is 22.0. The first-order valence-corrected chi connectivity index (χ1v) is 7.05. The molecular formula is C14H31Cl2N3O. The lowest BCUT2D eigenvalue weighted by atomic mass is 9.91. The third-order valence-electron chi connectivity index (χ3n) is 3.95. The number of hydrogen-bond acceptors (Lipinski definition) is 3. The lowest BCUT2D eigenvalue weighted by molar-refractivity contribution is -0.139. The van der Waals surface area contributed by atoms with Crippen LogP contribution in [-0.2, 0) is 4.79 Å². The molecule has 2 N–H and O–H groups in total. The zero-order valence-corrected chi connectivity index (χ0v) is 15.0. The molecule has 1 aliphatic rings. The van der Waals surface area contributed by atoms with E-state index in [0.717, 1.165) is 25.9 Å². The van der Waals surface area contributed by atoms with Crippen LogP contribution in [0.2, 0.25) is 0 Å². The smallest absolute Gasteiger partial charge is 0.240 e. The summed E-state index contributed by atoms with van der Waals surface area (Å²) in [6.07, 6.45) is 2.23. The van der Waals surface area contributed by atoms with Crippen molar-refractivity contribution in [3.05, 3.63) is 0 Å². The van der Waals surface area contributed by atoms with Gasteiger partial charge in [0, 0.05) is 19.1 Å². The van der Waals surface area contributed by atoms with Crippen LogP contribution < -0.4 is 5.73 Å². The van der Waals surface area contributed by atoms with Crippen molar-refractivity contribution in [2.24, 2.45) is 17.6 Å². The first-order chi connectivity index (χ1) is 8.34. The number of rotatable bonds is 4. The van der Waals surface area contributed by atoms with E-state index in [0.29, 0.717) is 11.8 Å². The van der Waals surface area contributed by atoms with E-state index in [4.69, 9.17) is 5.73 Å². The summed E-state index contributed by atoms with van der Waals surface area (Å²) in [5.74, 6) is 1.06. The number of amides is 1. The zero-order chi connectivity index (χ0) is 13.9. The minimum atomic E-state index is -0.0168. The first-order valence-electron chi connectivity index (χ1n) is 7.05. The number of nitrogens with zero attached hydrogens (tertiary/aromatic N) is 2. The predicted octanol–water partition coefficient (Wildman–Crippen LogP) is 2.00. The quantitative estimate of drug-likeness (QED) is 0.859. The maximum atomic E-state index is 12.6. The van der Waals surface area contributed by atoms with Gasteiger partial charge in [0.2, 0.25) is 5.91 Å². The summed E-state index contributed by atoms with van der Waals surface area (Å²) in [7, 11) is 3.96. The Balaban J connectivity index is 0. The summed E-state index contributed by atoms with van der Waals surface area (Å²) < 4.78 is 0. The minimum absolute atomic E-state index is 0. The van der Waals surface area contributed by atoms with Crippen LogP contribution >= 0.6 is 24.8 Å². The van der Waals surface area contributed by atoms with Crippen LogP contribution in [0.15, 0.2) is 0 Å². The van der Waals surface area contributed by atoms with Gasteiger partial charge in [-0.15, -0.1) is 24.8 Å². The minimum Gasteiger partial charge on any atom is -0.341 e. The highest BCUT2D eigenvalue weighted by Gasteiger charge is 2.32. The lowest BCUT2D eigenvalue weighted by Gasteiger charge is -2.38. The Bertz CT molecular complexity index is 278. The van der Waals surface area contributed by atoms with E-state index in [1.54, 1.807) is 0 Å². The second-order valence-corrected chi connectivity index (χ2v) is 6.20. The Morgan fingerprint density at radius 2 is 1.80 bits per heavy atom. The monoisotopic (exact) mass is 327 g/mol. The van der Waals surface area contributed by atoms with Crippen LogP contribution in [0.4, 0.5) is 0 Å². The summed E-state index contributed by atoms with van der Waals surface area (Å²) >= 11 is 0. The zero-order valence-electron chi connectivity index (χ0n) is 13.3. The Hall–Kier alpha value is -0.0300. The van der Waals surface area contributed by atoms with Crippen LogP contribution in [0.25, 0.3) is 0 Å². The summed E-state index contributed by atoms with van der Waals surface area (Å²) in [6, 6.07) is 0.161. The number of carbonyl (C=O) groups excluding carboxylic acids is 1. The van der Waals surface area contributed by atoms with Gasteiger partial charge in [0.15, 0.2) is 0 Å². The first kappa shape index (κ1) is 22.3. The van der Waals surface area contributed by atoms with Gasteiger partial charge in [0.25, 0.3) is 0 Å². The second-order valence-electron chi connectivity index (χ2n) is 6.20. The van der Waals surface area contributed by atoms with E-state index in [2.05, 4.69) is 13.8 Å². The molecule has 3 atom stereocenters. The van der Waals surface area contributed by atoms with Gasteiger partial charge < -0.3 is 10.6 Å². The second kappa shape index (κ2) is 9.82. The molecule has 0 spiro atoms. The third-order valence-corrected chi connectivity index (χ3v) is 3.95. The van der Waals surface area contributed by atoms with Gasteiger partial charge in [0.1, 0.15) is 0 Å². The van der Waals surface area contributed by atoms with Crippen molar-refractivity contribution in [1.29, 1.82) is 0 Å². The molecule has 1 heterocycles. The highest BCUT2D eigenvalue weighted by molar-refractivity contribution is 5.85. The van der Waals surface area contributed by atoms with Gasteiger partial charge in [-0.25, -0.2) is 0 Å². The molecule has 1 aliphatic heterocycles. The molecule has 0 bridgehead atoms. The molecule has 122 valence electrons. The largest absolute Gasteiger partial charge is 0.341 e. The van der Waals surface area contributed by atoms with E-state index in [-0.39, 0.29) is 42.8 Å². The third kappa shape index (κ3) is 5.76. The number of piperidine rings is 1. The molecule has 0 aromatic rings. The van der Waals surface area contributed by atoms with Crippen LogP contribution in [0.5, 0.6) is 0 Å². The summed E-state index contributed by atoms with van der Waals surface area (Å²) in [6.45, 7) is 7.97. The van der Waals surface area contributed by atoms with Crippen LogP contribution in [0, 0.1) is 11.8 Å².